The number of primary sulfonamides is 2. The lowest BCUT2D eigenvalue weighted by Gasteiger charge is -2.25. The Hall–Kier alpha value is -0.510. The zero-order valence-electron chi connectivity index (χ0n) is 12.6. The number of morpholine rings is 1. The first-order valence-electron chi connectivity index (χ1n) is 6.69. The van der Waals surface area contributed by atoms with Crippen molar-refractivity contribution >= 4 is 65.8 Å². The Kier molecular flexibility index (Phi) is 6.67. The smallest absolute Gasteiger partial charge is 0.240 e. The van der Waals surface area contributed by atoms with Gasteiger partial charge in [0.15, 0.2) is 4.32 Å². The summed E-state index contributed by atoms with van der Waals surface area (Å²) in [4.78, 5) is -1.03. The molecule has 14 heteroatoms. The number of sulfonamides is 2. The number of nitrogens with one attached hydrogen (secondary N) is 1. The van der Waals surface area contributed by atoms with Crippen LogP contribution in [0.25, 0.3) is 0 Å². The van der Waals surface area contributed by atoms with Crippen molar-refractivity contribution in [1.82, 2.24) is 4.31 Å². The van der Waals surface area contributed by atoms with Gasteiger partial charge in [0.2, 0.25) is 20.0 Å². The zero-order valence-corrected chi connectivity index (χ0v) is 16.7. The minimum atomic E-state index is -4.26. The maximum Gasteiger partial charge on any atom is 0.240 e. The molecule has 25 heavy (non-hydrogen) atoms. The van der Waals surface area contributed by atoms with Gasteiger partial charge in [-0.25, -0.2) is 31.4 Å². The lowest BCUT2D eigenvalue weighted by molar-refractivity contribution is 0.0778. The minimum absolute atomic E-state index is 0.0364. The van der Waals surface area contributed by atoms with Crippen LogP contribution in [0.3, 0.4) is 0 Å². The summed E-state index contributed by atoms with van der Waals surface area (Å²) in [5, 5.41) is 12.6. The fourth-order valence-corrected chi connectivity index (χ4v) is 4.99. The van der Waals surface area contributed by atoms with Crippen molar-refractivity contribution in [1.29, 1.82) is 0 Å². The summed E-state index contributed by atoms with van der Waals surface area (Å²) in [5.74, 6) is 0. The largest absolute Gasteiger partial charge is 0.379 e. The number of benzene rings is 1. The Bertz CT molecular complexity index is 884. The molecule has 1 aliphatic rings. The average molecular weight is 447 g/mol. The van der Waals surface area contributed by atoms with Gasteiger partial charge in [-0.2, -0.15) is 0 Å². The first-order chi connectivity index (χ1) is 11.5. The predicted molar refractivity (Wildman–Crippen MR) is 100 cm³/mol. The van der Waals surface area contributed by atoms with Crippen molar-refractivity contribution < 1.29 is 21.6 Å². The SMILES string of the molecule is NS(=O)(=O)c1cc(S(N)(=O)=O)c(NC(=S)SN2CCOCC2)cc1Cl. The molecule has 0 spiro atoms. The number of halogens is 1. The van der Waals surface area contributed by atoms with Gasteiger partial charge in [-0.1, -0.05) is 23.8 Å². The van der Waals surface area contributed by atoms with Crippen molar-refractivity contribution in [2.24, 2.45) is 10.3 Å². The fourth-order valence-electron chi connectivity index (χ4n) is 1.97. The summed E-state index contributed by atoms with van der Waals surface area (Å²) >= 11 is 12.3. The number of nitrogens with zero attached hydrogens (tertiary/aromatic N) is 1. The highest BCUT2D eigenvalue weighted by molar-refractivity contribution is 8.21. The molecule has 0 amide bonds. The first-order valence-corrected chi connectivity index (χ1v) is 11.3. The monoisotopic (exact) mass is 446 g/mol. The second kappa shape index (κ2) is 8.02. The van der Waals surface area contributed by atoms with E-state index in [9.17, 15) is 16.8 Å². The van der Waals surface area contributed by atoms with Crippen molar-refractivity contribution in [3.8, 4) is 0 Å². The summed E-state index contributed by atoms with van der Waals surface area (Å²) in [7, 11) is -8.48. The van der Waals surface area contributed by atoms with Crippen molar-refractivity contribution in [3.05, 3.63) is 17.2 Å². The molecule has 1 fully saturated rings. The molecule has 0 atom stereocenters. The van der Waals surface area contributed by atoms with Gasteiger partial charge in [0.25, 0.3) is 0 Å². The molecule has 1 aromatic carbocycles. The molecule has 2 rings (SSSR count). The van der Waals surface area contributed by atoms with E-state index in [1.807, 2.05) is 4.31 Å². The predicted octanol–water partition coefficient (Wildman–Crippen LogP) is 0.312. The number of hydrogen-bond acceptors (Lipinski definition) is 8. The third kappa shape index (κ3) is 5.74. The third-order valence-corrected chi connectivity index (χ3v) is 6.61. The molecule has 1 aromatic rings. The van der Waals surface area contributed by atoms with Gasteiger partial charge in [-0.05, 0) is 24.1 Å². The highest BCUT2D eigenvalue weighted by atomic mass is 35.5. The highest BCUT2D eigenvalue weighted by Crippen LogP contribution is 2.31. The first kappa shape index (κ1) is 20.8. The standard InChI is InChI=1S/C11H15ClN4O5S4/c12-7-5-8(15-11(22)23-16-1-3-21-4-2-16)10(25(14,19)20)6-9(7)24(13,17)18/h5-6H,1-4H2,(H,15,22)(H2,13,17,18)(H2,14,19,20). The van der Waals surface area contributed by atoms with Crippen molar-refractivity contribution in [3.63, 3.8) is 0 Å². The van der Waals surface area contributed by atoms with Crippen LogP contribution in [-0.4, -0.2) is 51.8 Å². The summed E-state index contributed by atoms with van der Waals surface area (Å²) < 4.78 is 54.0. The van der Waals surface area contributed by atoms with Crippen molar-refractivity contribution in [2.45, 2.75) is 9.79 Å². The molecule has 0 bridgehead atoms. The molecule has 0 saturated carbocycles. The second-order valence-electron chi connectivity index (χ2n) is 4.91. The number of rotatable bonds is 4. The van der Waals surface area contributed by atoms with E-state index in [4.69, 9.17) is 38.8 Å². The van der Waals surface area contributed by atoms with Crippen molar-refractivity contribution in [2.75, 3.05) is 31.6 Å². The molecule has 140 valence electrons. The van der Waals surface area contributed by atoms with Crippen LogP contribution >= 0.6 is 35.8 Å². The van der Waals surface area contributed by atoms with Gasteiger partial charge in [-0.15, -0.1) is 0 Å². The van der Waals surface area contributed by atoms with Gasteiger partial charge in [-0.3, -0.25) is 0 Å². The molecule has 0 aromatic heterocycles. The molecular weight excluding hydrogens is 432 g/mol. The van der Waals surface area contributed by atoms with Crippen LogP contribution in [0.4, 0.5) is 5.69 Å². The van der Waals surface area contributed by atoms with Crippen LogP contribution in [-0.2, 0) is 24.8 Å². The van der Waals surface area contributed by atoms with Crippen LogP contribution in [0, 0.1) is 0 Å². The Morgan fingerprint density at radius 3 is 2.24 bits per heavy atom. The van der Waals surface area contributed by atoms with Gasteiger partial charge in [0.1, 0.15) is 9.79 Å². The molecule has 1 aliphatic heterocycles. The Labute approximate surface area is 160 Å². The number of ether oxygens (including phenoxy) is 1. The summed E-state index contributed by atoms with van der Waals surface area (Å²) in [6.45, 7) is 2.43. The van der Waals surface area contributed by atoms with E-state index in [0.717, 1.165) is 12.1 Å². The highest BCUT2D eigenvalue weighted by Gasteiger charge is 2.23. The molecule has 9 nitrogen and oxygen atoms in total. The van der Waals surface area contributed by atoms with Gasteiger partial charge < -0.3 is 10.1 Å². The Balaban J connectivity index is 2.33. The normalized spacial score (nSPS) is 16.6. The van der Waals surface area contributed by atoms with Crippen LogP contribution < -0.4 is 15.6 Å². The summed E-state index contributed by atoms with van der Waals surface area (Å²) in [5.41, 5.74) is -0.0364. The van der Waals surface area contributed by atoms with Gasteiger partial charge in [0.05, 0.1) is 23.9 Å². The number of nitrogens with two attached hydrogens (primary N) is 2. The maximum atomic E-state index is 11.8. The quantitative estimate of drug-likeness (QED) is 0.439. The molecule has 0 radical (unpaired) electrons. The average Bonchev–Trinajstić information content (AvgIpc) is 2.45. The second-order valence-corrected chi connectivity index (χ2v) is 10.2. The number of hydrogen-bond donors (Lipinski definition) is 3. The van der Waals surface area contributed by atoms with Crippen LogP contribution in [0.1, 0.15) is 0 Å². The maximum absolute atomic E-state index is 11.8. The molecule has 1 heterocycles. The Morgan fingerprint density at radius 2 is 1.72 bits per heavy atom. The van der Waals surface area contributed by atoms with Crippen LogP contribution in [0.5, 0.6) is 0 Å². The van der Waals surface area contributed by atoms with E-state index in [0.29, 0.717) is 26.3 Å². The molecule has 0 unspecified atom stereocenters. The molecule has 0 aliphatic carbocycles. The van der Waals surface area contributed by atoms with E-state index in [1.165, 1.54) is 11.9 Å². The van der Waals surface area contributed by atoms with E-state index >= 15 is 0 Å². The number of anilines is 1. The van der Waals surface area contributed by atoms with Crippen LogP contribution in [0.2, 0.25) is 5.02 Å². The van der Waals surface area contributed by atoms with E-state index in [-0.39, 0.29) is 15.0 Å². The Morgan fingerprint density at radius 1 is 1.16 bits per heavy atom. The summed E-state index contributed by atoms with van der Waals surface area (Å²) in [6, 6.07) is 1.91. The molecular formula is C11H15ClN4O5S4. The minimum Gasteiger partial charge on any atom is -0.379 e. The zero-order chi connectivity index (χ0) is 18.8. The topological polar surface area (TPSA) is 145 Å². The van der Waals surface area contributed by atoms with E-state index in [2.05, 4.69) is 5.32 Å². The lowest BCUT2D eigenvalue weighted by Crippen LogP contribution is -2.32. The van der Waals surface area contributed by atoms with E-state index in [1.54, 1.807) is 0 Å². The number of thiocarbonyl (C=S) groups is 1. The summed E-state index contributed by atoms with van der Waals surface area (Å²) in [6.07, 6.45) is 0. The third-order valence-electron chi connectivity index (χ3n) is 3.07. The van der Waals surface area contributed by atoms with E-state index < -0.39 is 29.8 Å². The van der Waals surface area contributed by atoms with Crippen LogP contribution in [0.15, 0.2) is 21.9 Å². The van der Waals surface area contributed by atoms with Gasteiger partial charge >= 0.3 is 0 Å². The van der Waals surface area contributed by atoms with Gasteiger partial charge in [0, 0.05) is 13.1 Å². The lowest BCUT2D eigenvalue weighted by atomic mass is 10.3. The fraction of sp³-hybridized carbons (Fsp3) is 0.364. The molecule has 1 saturated heterocycles. The molecule has 5 N–H and O–H groups in total.